The Kier molecular flexibility index (Phi) is 8.46. The molecule has 9 nitrogen and oxygen atoms in total. The van der Waals surface area contributed by atoms with E-state index in [1.807, 2.05) is 23.9 Å². The van der Waals surface area contributed by atoms with Gasteiger partial charge in [-0.3, -0.25) is 24.2 Å². The van der Waals surface area contributed by atoms with Crippen molar-refractivity contribution in [1.29, 1.82) is 0 Å². The molecule has 1 atom stereocenters. The summed E-state index contributed by atoms with van der Waals surface area (Å²) < 4.78 is 29.8. The third-order valence-corrected chi connectivity index (χ3v) is 8.86. The van der Waals surface area contributed by atoms with Gasteiger partial charge in [-0.25, -0.2) is 13.8 Å². The number of hydrogen-bond donors (Lipinski definition) is 0. The number of halogens is 2. The van der Waals surface area contributed by atoms with Crippen LogP contribution < -0.4 is 0 Å². The fourth-order valence-electron chi connectivity index (χ4n) is 6.60. The van der Waals surface area contributed by atoms with Gasteiger partial charge >= 0.3 is 0 Å². The van der Waals surface area contributed by atoms with Gasteiger partial charge in [0.15, 0.2) is 0 Å². The number of allylic oxidation sites excluding steroid dienone is 2. The van der Waals surface area contributed by atoms with Gasteiger partial charge in [0.05, 0.1) is 42.5 Å². The van der Waals surface area contributed by atoms with E-state index in [9.17, 15) is 18.4 Å². The minimum absolute atomic E-state index is 0.0548. The largest absolute Gasteiger partial charge is 0.348 e. The zero-order valence-electron chi connectivity index (χ0n) is 25.9. The lowest BCUT2D eigenvalue weighted by atomic mass is 9.94. The van der Waals surface area contributed by atoms with Crippen molar-refractivity contribution in [3.05, 3.63) is 82.9 Å². The van der Waals surface area contributed by atoms with Crippen LogP contribution in [-0.4, -0.2) is 80.0 Å². The third kappa shape index (κ3) is 5.96. The number of pyridine rings is 2. The zero-order valence-corrected chi connectivity index (χ0v) is 25.9. The summed E-state index contributed by atoms with van der Waals surface area (Å²) in [6.07, 6.45) is 8.60. The topological polar surface area (TPSA) is 87.5 Å². The summed E-state index contributed by atoms with van der Waals surface area (Å²) in [7, 11) is 3.52. The quantitative estimate of drug-likeness (QED) is 0.281. The highest BCUT2D eigenvalue weighted by molar-refractivity contribution is 5.87. The molecule has 0 saturated carbocycles. The maximum Gasteiger partial charge on any atom is 0.246 e. The van der Waals surface area contributed by atoms with E-state index >= 15 is 0 Å². The van der Waals surface area contributed by atoms with Crippen molar-refractivity contribution < 1.29 is 18.4 Å². The molecule has 1 aliphatic carbocycles. The molecule has 0 aromatic carbocycles. The second kappa shape index (κ2) is 12.5. The van der Waals surface area contributed by atoms with Crippen LogP contribution in [0, 0.1) is 0 Å². The molecule has 1 unspecified atom stereocenters. The maximum absolute atomic E-state index is 14.9. The minimum Gasteiger partial charge on any atom is -0.348 e. The van der Waals surface area contributed by atoms with Crippen molar-refractivity contribution in [2.45, 2.75) is 51.7 Å². The molecule has 3 aromatic heterocycles. The monoisotopic (exact) mass is 613 g/mol. The molecule has 0 radical (unpaired) electrons. The second-order valence-electron chi connectivity index (χ2n) is 12.2. The van der Waals surface area contributed by atoms with Crippen LogP contribution in [0.3, 0.4) is 0 Å². The highest BCUT2D eigenvalue weighted by atomic mass is 19.1. The minimum atomic E-state index is -0.717. The van der Waals surface area contributed by atoms with Crippen LogP contribution in [0.4, 0.5) is 8.78 Å². The molecule has 2 amide bonds. The molecule has 3 aromatic rings. The van der Waals surface area contributed by atoms with E-state index in [4.69, 9.17) is 15.1 Å². The van der Waals surface area contributed by atoms with Crippen LogP contribution in [0.5, 0.6) is 0 Å². The van der Waals surface area contributed by atoms with Crippen LogP contribution in [0.2, 0.25) is 0 Å². The lowest BCUT2D eigenvalue weighted by Crippen LogP contribution is -2.39. The number of fused-ring (bicyclic) bond motifs is 3. The summed E-state index contributed by atoms with van der Waals surface area (Å²) in [5.41, 5.74) is 8.18. The van der Waals surface area contributed by atoms with E-state index in [0.29, 0.717) is 43.1 Å². The third-order valence-electron chi connectivity index (χ3n) is 8.86. The average molecular weight is 614 g/mol. The maximum atomic E-state index is 14.9. The summed E-state index contributed by atoms with van der Waals surface area (Å²) in [6.45, 7) is 8.18. The van der Waals surface area contributed by atoms with Gasteiger partial charge in [-0.15, -0.1) is 0 Å². The molecule has 2 aliphatic heterocycles. The number of carbonyl (C=O) groups is 2. The predicted octanol–water partition coefficient (Wildman–Crippen LogP) is 4.82. The van der Waals surface area contributed by atoms with Crippen molar-refractivity contribution in [2.24, 2.45) is 0 Å². The molecule has 0 fully saturated rings. The Balaban J connectivity index is 1.46. The van der Waals surface area contributed by atoms with Gasteiger partial charge in [0.25, 0.3) is 0 Å². The number of amides is 2. The van der Waals surface area contributed by atoms with Gasteiger partial charge in [0.1, 0.15) is 11.5 Å². The fraction of sp³-hybridized carbons (Fsp3) is 0.382. The summed E-state index contributed by atoms with van der Waals surface area (Å²) >= 11 is 0. The first-order valence-corrected chi connectivity index (χ1v) is 15.3. The van der Waals surface area contributed by atoms with Crippen LogP contribution in [-0.2, 0) is 41.9 Å². The first-order chi connectivity index (χ1) is 21.7. The fourth-order valence-corrected chi connectivity index (χ4v) is 6.60. The zero-order chi connectivity index (χ0) is 31.8. The van der Waals surface area contributed by atoms with Crippen molar-refractivity contribution in [1.82, 2.24) is 34.4 Å². The number of aromatic nitrogens is 4. The molecular formula is C34H37F2N7O2. The first-order valence-electron chi connectivity index (χ1n) is 15.3. The number of rotatable bonds is 7. The van der Waals surface area contributed by atoms with Crippen LogP contribution in [0.25, 0.3) is 28.7 Å². The second-order valence-corrected chi connectivity index (χ2v) is 12.2. The smallest absolute Gasteiger partial charge is 0.246 e. The predicted molar refractivity (Wildman–Crippen MR) is 168 cm³/mol. The Morgan fingerprint density at radius 3 is 2.69 bits per heavy atom. The standard InChI is InChI=1S/C34H37F2N7O2/c1-5-31(44)42-17-21(2)43-25(19-42)15-30(39-43)34-28(14-24(36)9-11-35)26-7-6-8-27(26)33(38-34)22-13-23-18-41(20-32(45)40(3)4)12-10-29(23)37-16-22/h5,9,11,13-16,21H,1,6-8,10,12,17-20H2,2-4H3/b11-9+,24-14?. The Morgan fingerprint density at radius 1 is 1.13 bits per heavy atom. The molecule has 6 rings (SSSR count). The van der Waals surface area contributed by atoms with E-state index < -0.39 is 5.83 Å². The molecule has 45 heavy (non-hydrogen) atoms. The molecule has 5 heterocycles. The Bertz CT molecular complexity index is 1740. The van der Waals surface area contributed by atoms with Gasteiger partial charge in [0, 0.05) is 69.2 Å². The summed E-state index contributed by atoms with van der Waals surface area (Å²) in [5, 5.41) is 4.91. The van der Waals surface area contributed by atoms with Crippen molar-refractivity contribution in [3.63, 3.8) is 0 Å². The molecule has 11 heteroatoms. The van der Waals surface area contributed by atoms with E-state index in [1.54, 1.807) is 23.9 Å². The molecule has 234 valence electrons. The van der Waals surface area contributed by atoms with Gasteiger partial charge in [-0.05, 0) is 67.2 Å². The lowest BCUT2D eigenvalue weighted by Gasteiger charge is -2.31. The number of nitrogens with zero attached hydrogens (tertiary/aromatic N) is 7. The lowest BCUT2D eigenvalue weighted by molar-refractivity contribution is -0.130. The van der Waals surface area contributed by atoms with Gasteiger partial charge in [0.2, 0.25) is 11.8 Å². The number of likely N-dealkylation sites (N-methyl/N-ethyl adjacent to an activating group) is 1. The number of hydrogen-bond acceptors (Lipinski definition) is 6. The normalized spacial score (nSPS) is 18.1. The molecule has 0 saturated heterocycles. The van der Waals surface area contributed by atoms with E-state index in [2.05, 4.69) is 17.5 Å². The van der Waals surface area contributed by atoms with Crippen LogP contribution >= 0.6 is 0 Å². The van der Waals surface area contributed by atoms with E-state index in [0.717, 1.165) is 77.6 Å². The van der Waals surface area contributed by atoms with Crippen molar-refractivity contribution >= 4 is 17.9 Å². The van der Waals surface area contributed by atoms with E-state index in [1.165, 1.54) is 12.2 Å². The highest BCUT2D eigenvalue weighted by Gasteiger charge is 2.30. The highest BCUT2D eigenvalue weighted by Crippen LogP contribution is 2.40. The Morgan fingerprint density at radius 2 is 1.93 bits per heavy atom. The summed E-state index contributed by atoms with van der Waals surface area (Å²) in [4.78, 5) is 40.2. The summed E-state index contributed by atoms with van der Waals surface area (Å²) in [5.74, 6) is -0.813. The SMILES string of the molecule is C=CC(=O)N1Cc2cc(-c3nc(-c4cnc5c(c4)CN(CC(=O)N(C)C)CC5)c4c(c3C=C(F)/C=C/F)CCC4)nn2C(C)C1. The van der Waals surface area contributed by atoms with E-state index in [-0.39, 0.29) is 24.2 Å². The van der Waals surface area contributed by atoms with Crippen molar-refractivity contribution in [3.8, 4) is 22.6 Å². The molecule has 0 bridgehead atoms. The Hall–Kier alpha value is -4.51. The summed E-state index contributed by atoms with van der Waals surface area (Å²) in [6, 6.07) is 3.93. The van der Waals surface area contributed by atoms with Crippen LogP contribution in [0.15, 0.2) is 49.2 Å². The first kappa shape index (κ1) is 30.5. The van der Waals surface area contributed by atoms with Gasteiger partial charge in [-0.1, -0.05) is 6.58 Å². The van der Waals surface area contributed by atoms with Crippen LogP contribution in [0.1, 0.15) is 53.0 Å². The molecule has 0 spiro atoms. The number of carbonyl (C=O) groups excluding carboxylic acids is 2. The average Bonchev–Trinajstić information content (AvgIpc) is 3.69. The van der Waals surface area contributed by atoms with Crippen molar-refractivity contribution in [2.75, 3.05) is 33.7 Å². The molecule has 0 N–H and O–H groups in total. The van der Waals surface area contributed by atoms with Gasteiger partial charge < -0.3 is 9.80 Å². The Labute approximate surface area is 261 Å². The van der Waals surface area contributed by atoms with Gasteiger partial charge in [-0.2, -0.15) is 5.10 Å². The molecule has 3 aliphatic rings. The molecular weight excluding hydrogens is 576 g/mol.